The number of piperidine rings is 1. The van der Waals surface area contributed by atoms with Gasteiger partial charge in [0.05, 0.1) is 17.5 Å². The molecule has 24 heavy (non-hydrogen) atoms. The van der Waals surface area contributed by atoms with Crippen LogP contribution >= 0.6 is 0 Å². The lowest BCUT2D eigenvalue weighted by Crippen LogP contribution is -2.36. The number of amides is 1. The summed E-state index contributed by atoms with van der Waals surface area (Å²) in [5, 5.41) is 12.8. The number of nitrogens with zero attached hydrogens (tertiary/aromatic N) is 1. The van der Waals surface area contributed by atoms with E-state index in [1.807, 2.05) is 18.2 Å². The van der Waals surface area contributed by atoms with E-state index < -0.39 is 0 Å². The van der Waals surface area contributed by atoms with Crippen LogP contribution in [0.2, 0.25) is 0 Å². The number of aliphatic hydroxyl groups is 1. The first-order valence-electron chi connectivity index (χ1n) is 9.54. The first-order chi connectivity index (χ1) is 11.7. The first kappa shape index (κ1) is 17.3. The highest BCUT2D eigenvalue weighted by Crippen LogP contribution is 2.30. The molecule has 1 saturated carbocycles. The molecule has 2 N–H and O–H groups in total. The van der Waals surface area contributed by atoms with E-state index in [4.69, 9.17) is 0 Å². The molecule has 0 aromatic heterocycles. The van der Waals surface area contributed by atoms with Crippen molar-refractivity contribution in [3.8, 4) is 0 Å². The van der Waals surface area contributed by atoms with Crippen LogP contribution in [0.4, 0.5) is 11.4 Å². The summed E-state index contributed by atoms with van der Waals surface area (Å²) >= 11 is 0. The average molecular weight is 330 g/mol. The molecule has 132 valence electrons. The van der Waals surface area contributed by atoms with E-state index in [1.54, 1.807) is 0 Å². The normalized spacial score (nSPS) is 19.6. The summed E-state index contributed by atoms with van der Waals surface area (Å²) in [6.45, 7) is 1.69. The van der Waals surface area contributed by atoms with E-state index in [2.05, 4.69) is 16.3 Å². The van der Waals surface area contributed by atoms with Gasteiger partial charge in [-0.1, -0.05) is 37.8 Å². The lowest BCUT2D eigenvalue weighted by Gasteiger charge is -2.32. The monoisotopic (exact) mass is 330 g/mol. The van der Waals surface area contributed by atoms with Crippen molar-refractivity contribution < 1.29 is 9.90 Å². The van der Waals surface area contributed by atoms with Gasteiger partial charge in [-0.05, 0) is 43.7 Å². The van der Waals surface area contributed by atoms with Gasteiger partial charge < -0.3 is 15.3 Å². The van der Waals surface area contributed by atoms with Crippen molar-refractivity contribution in [1.82, 2.24) is 0 Å². The van der Waals surface area contributed by atoms with Gasteiger partial charge in [-0.2, -0.15) is 0 Å². The van der Waals surface area contributed by atoms with E-state index >= 15 is 0 Å². The summed E-state index contributed by atoms with van der Waals surface area (Å²) in [5.41, 5.74) is 1.98. The third kappa shape index (κ3) is 4.73. The SMILES string of the molecule is O=C(CCCC1CCCC1)Nc1ccccc1N1CCC(O)CC1. The van der Waals surface area contributed by atoms with Crippen molar-refractivity contribution in [3.63, 3.8) is 0 Å². The van der Waals surface area contributed by atoms with Crippen LogP contribution in [-0.4, -0.2) is 30.2 Å². The van der Waals surface area contributed by atoms with Gasteiger partial charge in [0, 0.05) is 19.5 Å². The Morgan fingerprint density at radius 2 is 1.83 bits per heavy atom. The summed E-state index contributed by atoms with van der Waals surface area (Å²) in [5.74, 6) is 0.974. The van der Waals surface area contributed by atoms with Crippen molar-refractivity contribution in [1.29, 1.82) is 0 Å². The number of benzene rings is 1. The quantitative estimate of drug-likeness (QED) is 0.830. The van der Waals surface area contributed by atoms with Crippen molar-refractivity contribution in [2.24, 2.45) is 5.92 Å². The third-order valence-electron chi connectivity index (χ3n) is 5.47. The predicted molar refractivity (Wildman–Crippen MR) is 98.3 cm³/mol. The van der Waals surface area contributed by atoms with Crippen LogP contribution in [0.15, 0.2) is 24.3 Å². The number of aliphatic hydroxyl groups excluding tert-OH is 1. The van der Waals surface area contributed by atoms with Gasteiger partial charge in [-0.15, -0.1) is 0 Å². The summed E-state index contributed by atoms with van der Waals surface area (Å²) in [6.07, 6.45) is 9.66. The topological polar surface area (TPSA) is 52.6 Å². The van der Waals surface area contributed by atoms with E-state index in [1.165, 1.54) is 32.1 Å². The fourth-order valence-electron chi connectivity index (χ4n) is 4.02. The molecule has 0 bridgehead atoms. The first-order valence-corrected chi connectivity index (χ1v) is 9.54. The fraction of sp³-hybridized carbons (Fsp3) is 0.650. The molecular weight excluding hydrogens is 300 g/mol. The molecule has 3 rings (SSSR count). The lowest BCUT2D eigenvalue weighted by molar-refractivity contribution is -0.116. The zero-order chi connectivity index (χ0) is 16.8. The molecule has 2 aliphatic rings. The zero-order valence-corrected chi connectivity index (χ0v) is 14.5. The Morgan fingerprint density at radius 3 is 2.58 bits per heavy atom. The molecule has 1 amide bonds. The van der Waals surface area contributed by atoms with Crippen LogP contribution in [0.1, 0.15) is 57.8 Å². The second-order valence-electron chi connectivity index (χ2n) is 7.33. The number of hydrogen-bond donors (Lipinski definition) is 2. The number of hydrogen-bond acceptors (Lipinski definition) is 3. The molecule has 4 nitrogen and oxygen atoms in total. The molecule has 4 heteroatoms. The molecule has 0 spiro atoms. The van der Waals surface area contributed by atoms with Crippen molar-refractivity contribution >= 4 is 17.3 Å². The Hall–Kier alpha value is -1.55. The third-order valence-corrected chi connectivity index (χ3v) is 5.47. The minimum absolute atomic E-state index is 0.123. The van der Waals surface area contributed by atoms with Crippen LogP contribution in [0.25, 0.3) is 0 Å². The number of carbonyl (C=O) groups excluding carboxylic acids is 1. The second-order valence-corrected chi connectivity index (χ2v) is 7.33. The van der Waals surface area contributed by atoms with Crippen molar-refractivity contribution in [2.45, 2.75) is 63.9 Å². The minimum Gasteiger partial charge on any atom is -0.393 e. The Balaban J connectivity index is 1.51. The summed E-state index contributed by atoms with van der Waals surface area (Å²) in [7, 11) is 0. The van der Waals surface area contributed by atoms with Crippen molar-refractivity contribution in [2.75, 3.05) is 23.3 Å². The van der Waals surface area contributed by atoms with E-state index in [0.717, 1.165) is 49.6 Å². The zero-order valence-electron chi connectivity index (χ0n) is 14.5. The standard InChI is InChI=1S/C20H30N2O2/c23-17-12-14-22(15-13-17)19-10-4-3-9-18(19)21-20(24)11-5-8-16-6-1-2-7-16/h3-4,9-10,16-17,23H,1-2,5-8,11-15H2,(H,21,24). The summed E-state index contributed by atoms with van der Waals surface area (Å²) in [4.78, 5) is 14.6. The molecule has 1 heterocycles. The minimum atomic E-state index is -0.182. The van der Waals surface area contributed by atoms with Crippen LogP contribution in [0.3, 0.4) is 0 Å². The van der Waals surface area contributed by atoms with Gasteiger partial charge in [0.2, 0.25) is 5.91 Å². The van der Waals surface area contributed by atoms with Crippen molar-refractivity contribution in [3.05, 3.63) is 24.3 Å². The average Bonchev–Trinajstić information content (AvgIpc) is 3.10. The van der Waals surface area contributed by atoms with Crippen LogP contribution in [0, 0.1) is 5.92 Å². The molecule has 2 fully saturated rings. The Labute approximate surface area is 145 Å². The van der Waals surface area contributed by atoms with Gasteiger partial charge in [-0.25, -0.2) is 0 Å². The highest BCUT2D eigenvalue weighted by molar-refractivity contribution is 5.94. The Morgan fingerprint density at radius 1 is 1.12 bits per heavy atom. The molecule has 0 radical (unpaired) electrons. The maximum Gasteiger partial charge on any atom is 0.224 e. The lowest BCUT2D eigenvalue weighted by atomic mass is 10.0. The summed E-state index contributed by atoms with van der Waals surface area (Å²) in [6, 6.07) is 8.02. The molecule has 0 unspecified atom stereocenters. The maximum absolute atomic E-state index is 12.3. The van der Waals surface area contributed by atoms with Gasteiger partial charge in [-0.3, -0.25) is 4.79 Å². The van der Waals surface area contributed by atoms with Gasteiger partial charge in [0.25, 0.3) is 0 Å². The molecule has 1 saturated heterocycles. The largest absolute Gasteiger partial charge is 0.393 e. The predicted octanol–water partition coefficient (Wildman–Crippen LogP) is 3.95. The molecule has 1 aromatic carbocycles. The fourth-order valence-corrected chi connectivity index (χ4v) is 4.02. The van der Waals surface area contributed by atoms with Crippen LogP contribution in [-0.2, 0) is 4.79 Å². The molecule has 1 aromatic rings. The molecule has 0 atom stereocenters. The van der Waals surface area contributed by atoms with Crippen LogP contribution in [0.5, 0.6) is 0 Å². The number of rotatable bonds is 6. The van der Waals surface area contributed by atoms with Gasteiger partial charge in [0.1, 0.15) is 0 Å². The molecular formula is C20H30N2O2. The summed E-state index contributed by atoms with van der Waals surface area (Å²) < 4.78 is 0. The maximum atomic E-state index is 12.3. The van der Waals surface area contributed by atoms with Gasteiger partial charge >= 0.3 is 0 Å². The second kappa shape index (κ2) is 8.52. The van der Waals surface area contributed by atoms with E-state index in [9.17, 15) is 9.90 Å². The van der Waals surface area contributed by atoms with Gasteiger partial charge in [0.15, 0.2) is 0 Å². The Bertz CT molecular complexity index is 532. The van der Waals surface area contributed by atoms with E-state index in [0.29, 0.717) is 6.42 Å². The smallest absolute Gasteiger partial charge is 0.224 e. The highest BCUT2D eigenvalue weighted by atomic mass is 16.3. The number of nitrogens with one attached hydrogen (secondary N) is 1. The Kier molecular flexibility index (Phi) is 6.13. The number of carbonyl (C=O) groups is 1. The highest BCUT2D eigenvalue weighted by Gasteiger charge is 2.20. The number of anilines is 2. The van der Waals surface area contributed by atoms with Crippen LogP contribution < -0.4 is 10.2 Å². The number of para-hydroxylation sites is 2. The van der Waals surface area contributed by atoms with E-state index in [-0.39, 0.29) is 12.0 Å². The molecule has 1 aliphatic heterocycles. The molecule has 1 aliphatic carbocycles.